The molecular formula is C10H21O9P. The third-order valence-corrected chi connectivity index (χ3v) is 4.28. The summed E-state index contributed by atoms with van der Waals surface area (Å²) in [5.41, 5.74) is 0. The maximum atomic E-state index is 12.0. The number of aliphatic hydroxyl groups is 4. The van der Waals surface area contributed by atoms with Crippen molar-refractivity contribution in [3.05, 3.63) is 0 Å². The van der Waals surface area contributed by atoms with E-state index in [4.69, 9.17) is 18.3 Å². The Labute approximate surface area is 116 Å². The van der Waals surface area contributed by atoms with Crippen LogP contribution < -0.4 is 0 Å². The SMILES string of the molecule is CCOP(=O)(OCC)OCC1(O)OC[C@@H](O)[C@@H](O)[C@@H]1O. The topological polar surface area (TPSA) is 135 Å². The van der Waals surface area contributed by atoms with Gasteiger partial charge in [0.1, 0.15) is 24.9 Å². The van der Waals surface area contributed by atoms with Crippen LogP contribution in [0.3, 0.4) is 0 Å². The second kappa shape index (κ2) is 7.26. The van der Waals surface area contributed by atoms with Crippen LogP contribution in [0.15, 0.2) is 0 Å². The van der Waals surface area contributed by atoms with Gasteiger partial charge in [-0.2, -0.15) is 0 Å². The van der Waals surface area contributed by atoms with E-state index in [0.717, 1.165) is 0 Å². The molecule has 1 fully saturated rings. The van der Waals surface area contributed by atoms with Gasteiger partial charge in [0.2, 0.25) is 5.79 Å². The van der Waals surface area contributed by atoms with Crippen LogP contribution >= 0.6 is 7.82 Å². The van der Waals surface area contributed by atoms with Gasteiger partial charge in [-0.1, -0.05) is 0 Å². The van der Waals surface area contributed by atoms with Crippen molar-refractivity contribution in [1.29, 1.82) is 0 Å². The Hall–Kier alpha value is -0.0900. The molecule has 0 aromatic carbocycles. The monoisotopic (exact) mass is 316 g/mol. The molecule has 0 spiro atoms. The summed E-state index contributed by atoms with van der Waals surface area (Å²) in [5.74, 6) is -2.32. The molecule has 4 atom stereocenters. The Morgan fingerprint density at radius 3 is 2.25 bits per heavy atom. The molecule has 4 N–H and O–H groups in total. The number of hydrogen-bond donors (Lipinski definition) is 4. The number of phosphoric acid groups is 1. The number of hydrogen-bond acceptors (Lipinski definition) is 9. The molecular weight excluding hydrogens is 295 g/mol. The lowest BCUT2D eigenvalue weighted by molar-refractivity contribution is -0.329. The van der Waals surface area contributed by atoms with Crippen LogP contribution in [0.4, 0.5) is 0 Å². The molecule has 0 bridgehead atoms. The molecule has 1 heterocycles. The van der Waals surface area contributed by atoms with Crippen LogP contribution in [0.25, 0.3) is 0 Å². The van der Waals surface area contributed by atoms with Crippen molar-refractivity contribution in [3.8, 4) is 0 Å². The van der Waals surface area contributed by atoms with Gasteiger partial charge in [0.05, 0.1) is 19.8 Å². The molecule has 9 nitrogen and oxygen atoms in total. The van der Waals surface area contributed by atoms with Crippen molar-refractivity contribution in [2.75, 3.05) is 26.4 Å². The fourth-order valence-electron chi connectivity index (χ4n) is 1.62. The third-order valence-electron chi connectivity index (χ3n) is 2.69. The highest BCUT2D eigenvalue weighted by Gasteiger charge is 2.50. The zero-order chi connectivity index (χ0) is 15.4. The minimum atomic E-state index is -3.89. The highest BCUT2D eigenvalue weighted by molar-refractivity contribution is 7.48. The Balaban J connectivity index is 2.68. The third kappa shape index (κ3) is 4.20. The summed E-state index contributed by atoms with van der Waals surface area (Å²) in [6, 6.07) is 0. The highest BCUT2D eigenvalue weighted by atomic mass is 31.2. The fraction of sp³-hybridized carbons (Fsp3) is 1.00. The predicted molar refractivity (Wildman–Crippen MR) is 65.7 cm³/mol. The summed E-state index contributed by atoms with van der Waals surface area (Å²) in [4.78, 5) is 0. The molecule has 10 heteroatoms. The molecule has 1 aliphatic rings. The van der Waals surface area contributed by atoms with E-state index in [9.17, 15) is 25.0 Å². The van der Waals surface area contributed by atoms with E-state index in [1.54, 1.807) is 13.8 Å². The average Bonchev–Trinajstić information content (AvgIpc) is 2.40. The van der Waals surface area contributed by atoms with E-state index in [0.29, 0.717) is 0 Å². The van der Waals surface area contributed by atoms with E-state index in [1.165, 1.54) is 0 Å². The number of rotatable bonds is 7. The van der Waals surface area contributed by atoms with Crippen molar-refractivity contribution in [2.24, 2.45) is 0 Å². The van der Waals surface area contributed by atoms with E-state index < -0.39 is 45.1 Å². The maximum Gasteiger partial charge on any atom is 0.474 e. The van der Waals surface area contributed by atoms with Gasteiger partial charge in [-0.15, -0.1) is 0 Å². The lowest BCUT2D eigenvalue weighted by atomic mass is 9.98. The maximum absolute atomic E-state index is 12.0. The lowest BCUT2D eigenvalue weighted by Gasteiger charge is -2.41. The lowest BCUT2D eigenvalue weighted by Crippen LogP contribution is -2.62. The summed E-state index contributed by atoms with van der Waals surface area (Å²) in [7, 11) is -3.89. The molecule has 0 aromatic rings. The molecule has 0 saturated carbocycles. The van der Waals surface area contributed by atoms with Gasteiger partial charge in [-0.05, 0) is 13.8 Å². The van der Waals surface area contributed by atoms with Gasteiger partial charge in [0.25, 0.3) is 0 Å². The van der Waals surface area contributed by atoms with Crippen molar-refractivity contribution in [2.45, 2.75) is 37.9 Å². The van der Waals surface area contributed by atoms with Crippen LogP contribution in [-0.2, 0) is 22.9 Å². The van der Waals surface area contributed by atoms with Gasteiger partial charge < -0.3 is 25.2 Å². The highest BCUT2D eigenvalue weighted by Crippen LogP contribution is 2.50. The second-order valence-corrected chi connectivity index (χ2v) is 5.88. The first kappa shape index (κ1) is 18.0. The predicted octanol–water partition coefficient (Wildman–Crippen LogP) is -1.01. The van der Waals surface area contributed by atoms with E-state index in [-0.39, 0.29) is 13.2 Å². The first-order chi connectivity index (χ1) is 9.28. The van der Waals surface area contributed by atoms with Crippen LogP contribution in [0, 0.1) is 0 Å². The van der Waals surface area contributed by atoms with Crippen LogP contribution in [0.2, 0.25) is 0 Å². The second-order valence-electron chi connectivity index (χ2n) is 4.21. The average molecular weight is 316 g/mol. The summed E-state index contributed by atoms with van der Waals surface area (Å²) in [6.07, 6.45) is -4.78. The minimum absolute atomic E-state index is 0.0560. The standard InChI is InChI=1S/C10H21O9P/c1-3-17-20(15,18-4-2)19-6-10(14)9(13)8(12)7(11)5-16-10/h7-9,11-14H,3-6H2,1-2H3/t7-,8-,9+,10?/m1/s1. The first-order valence-corrected chi connectivity index (χ1v) is 7.68. The molecule has 0 aliphatic carbocycles. The number of phosphoric ester groups is 1. The fourth-order valence-corrected chi connectivity index (χ4v) is 2.82. The normalized spacial score (nSPS) is 35.2. The Morgan fingerprint density at radius 2 is 1.75 bits per heavy atom. The summed E-state index contributed by atoms with van der Waals surface area (Å²) < 4.78 is 31.4. The Kier molecular flexibility index (Phi) is 6.52. The van der Waals surface area contributed by atoms with Gasteiger partial charge in [0.15, 0.2) is 0 Å². The molecule has 0 radical (unpaired) electrons. The molecule has 1 aliphatic heterocycles. The molecule has 20 heavy (non-hydrogen) atoms. The first-order valence-electron chi connectivity index (χ1n) is 6.22. The van der Waals surface area contributed by atoms with Crippen molar-refractivity contribution < 1.29 is 43.3 Å². The zero-order valence-electron chi connectivity index (χ0n) is 11.3. The summed E-state index contributed by atoms with van der Waals surface area (Å²) in [5, 5.41) is 38.5. The molecule has 1 unspecified atom stereocenters. The molecule has 1 rings (SSSR count). The Morgan fingerprint density at radius 1 is 1.20 bits per heavy atom. The minimum Gasteiger partial charge on any atom is -0.388 e. The van der Waals surface area contributed by atoms with Gasteiger partial charge >= 0.3 is 7.82 Å². The van der Waals surface area contributed by atoms with Crippen molar-refractivity contribution in [1.82, 2.24) is 0 Å². The quantitative estimate of drug-likeness (QED) is 0.435. The van der Waals surface area contributed by atoms with E-state index in [2.05, 4.69) is 0 Å². The zero-order valence-corrected chi connectivity index (χ0v) is 12.2. The number of ether oxygens (including phenoxy) is 1. The van der Waals surface area contributed by atoms with Gasteiger partial charge in [-0.3, -0.25) is 13.6 Å². The van der Waals surface area contributed by atoms with Crippen molar-refractivity contribution in [3.63, 3.8) is 0 Å². The van der Waals surface area contributed by atoms with Crippen molar-refractivity contribution >= 4 is 7.82 Å². The largest absolute Gasteiger partial charge is 0.474 e. The summed E-state index contributed by atoms with van der Waals surface area (Å²) in [6.45, 7) is 2.10. The van der Waals surface area contributed by atoms with E-state index >= 15 is 0 Å². The smallest absolute Gasteiger partial charge is 0.388 e. The molecule has 1 saturated heterocycles. The van der Waals surface area contributed by atoms with Gasteiger partial charge in [-0.25, -0.2) is 4.57 Å². The Bertz CT molecular complexity index is 342. The summed E-state index contributed by atoms with van der Waals surface area (Å²) >= 11 is 0. The molecule has 0 aromatic heterocycles. The van der Waals surface area contributed by atoms with Gasteiger partial charge in [0, 0.05) is 0 Å². The molecule has 0 amide bonds. The van der Waals surface area contributed by atoms with Crippen LogP contribution in [-0.4, -0.2) is 71.0 Å². The molecule has 120 valence electrons. The van der Waals surface area contributed by atoms with Crippen LogP contribution in [0.1, 0.15) is 13.8 Å². The number of aliphatic hydroxyl groups excluding tert-OH is 3. The van der Waals surface area contributed by atoms with Crippen LogP contribution in [0.5, 0.6) is 0 Å². The van der Waals surface area contributed by atoms with E-state index in [1.807, 2.05) is 0 Å².